The Morgan fingerprint density at radius 3 is 2.71 bits per heavy atom. The molecule has 1 aliphatic heterocycles. The van der Waals surface area contributed by atoms with Crippen molar-refractivity contribution in [2.75, 3.05) is 18.5 Å². The maximum atomic E-state index is 14.2. The van der Waals surface area contributed by atoms with Crippen molar-refractivity contribution in [3.63, 3.8) is 0 Å². The van der Waals surface area contributed by atoms with E-state index in [0.717, 1.165) is 0 Å². The van der Waals surface area contributed by atoms with Gasteiger partial charge in [-0.1, -0.05) is 18.5 Å². The van der Waals surface area contributed by atoms with Crippen LogP contribution in [0, 0.1) is 0 Å². The Morgan fingerprint density at radius 1 is 1.42 bits per heavy atom. The van der Waals surface area contributed by atoms with Crippen molar-refractivity contribution < 1.29 is 22.7 Å². The quantitative estimate of drug-likeness (QED) is 0.854. The van der Waals surface area contributed by atoms with Gasteiger partial charge in [0.15, 0.2) is 0 Å². The fourth-order valence-electron chi connectivity index (χ4n) is 2.95. The summed E-state index contributed by atoms with van der Waals surface area (Å²) in [5.41, 5.74) is -2.65. The average molecular weight is 363 g/mol. The zero-order chi connectivity index (χ0) is 17.5. The first-order valence-corrected chi connectivity index (χ1v) is 8.24. The molecule has 0 spiro atoms. The lowest BCUT2D eigenvalue weighted by atomic mass is 9.90. The molecule has 1 saturated carbocycles. The Bertz CT molecular complexity index is 649. The summed E-state index contributed by atoms with van der Waals surface area (Å²) in [7, 11) is 0. The van der Waals surface area contributed by atoms with Gasteiger partial charge in [0.2, 0.25) is 5.60 Å². The minimum Gasteiger partial charge on any atom is -0.359 e. The molecule has 1 aromatic rings. The monoisotopic (exact) mass is 362 g/mol. The van der Waals surface area contributed by atoms with Crippen LogP contribution >= 0.6 is 11.6 Å². The van der Waals surface area contributed by atoms with Crippen LogP contribution in [0.2, 0.25) is 5.02 Å². The number of benzene rings is 1. The number of alkyl halides is 3. The summed E-state index contributed by atoms with van der Waals surface area (Å²) in [6, 6.07) is 3.36. The molecule has 1 fully saturated rings. The van der Waals surface area contributed by atoms with E-state index in [1.54, 1.807) is 6.92 Å². The minimum absolute atomic E-state index is 0.0713. The average Bonchev–Trinajstić information content (AvgIpc) is 3.32. The summed E-state index contributed by atoms with van der Waals surface area (Å²) in [5.74, 6) is 0. The van der Waals surface area contributed by atoms with Crippen molar-refractivity contribution in [3.8, 4) is 0 Å². The number of nitrogens with one attached hydrogen (secondary N) is 1. The lowest BCUT2D eigenvalue weighted by Gasteiger charge is -2.38. The molecule has 1 aromatic carbocycles. The molecule has 2 amide bonds. The van der Waals surface area contributed by atoms with Gasteiger partial charge in [0.1, 0.15) is 0 Å². The van der Waals surface area contributed by atoms with E-state index in [4.69, 9.17) is 16.3 Å². The van der Waals surface area contributed by atoms with Gasteiger partial charge >= 0.3 is 12.2 Å². The number of anilines is 1. The van der Waals surface area contributed by atoms with Gasteiger partial charge in [-0.25, -0.2) is 4.79 Å². The smallest absolute Gasteiger partial charge is 0.359 e. The highest BCUT2D eigenvalue weighted by Gasteiger charge is 2.61. The summed E-state index contributed by atoms with van der Waals surface area (Å²) in [6.07, 6.45) is -2.86. The van der Waals surface area contributed by atoms with Crippen LogP contribution in [0.5, 0.6) is 0 Å². The number of urea groups is 1. The molecule has 1 aliphatic carbocycles. The van der Waals surface area contributed by atoms with Crippen LogP contribution in [-0.2, 0) is 10.3 Å². The van der Waals surface area contributed by atoms with E-state index in [0.29, 0.717) is 19.3 Å². The highest BCUT2D eigenvalue weighted by Crippen LogP contribution is 2.49. The topological polar surface area (TPSA) is 41.6 Å². The van der Waals surface area contributed by atoms with Gasteiger partial charge in [-0.15, -0.1) is 0 Å². The second kappa shape index (κ2) is 6.11. The third-order valence-corrected chi connectivity index (χ3v) is 4.55. The molecule has 0 radical (unpaired) electrons. The maximum Gasteiger partial charge on any atom is 0.423 e. The van der Waals surface area contributed by atoms with Crippen LogP contribution in [0.3, 0.4) is 0 Å². The zero-order valence-corrected chi connectivity index (χ0v) is 13.9. The Balaban J connectivity index is 2.17. The van der Waals surface area contributed by atoms with Gasteiger partial charge in [-0.05, 0) is 37.5 Å². The van der Waals surface area contributed by atoms with Gasteiger partial charge in [0, 0.05) is 28.9 Å². The summed E-state index contributed by atoms with van der Waals surface area (Å²) in [4.78, 5) is 13.6. The molecule has 1 heterocycles. The number of amides is 2. The van der Waals surface area contributed by atoms with E-state index in [1.165, 1.54) is 23.1 Å². The zero-order valence-electron chi connectivity index (χ0n) is 13.1. The van der Waals surface area contributed by atoms with E-state index in [2.05, 4.69) is 5.32 Å². The molecule has 0 aromatic heterocycles. The molecule has 8 heteroatoms. The predicted molar refractivity (Wildman–Crippen MR) is 84.2 cm³/mol. The maximum absolute atomic E-state index is 14.2. The van der Waals surface area contributed by atoms with E-state index in [1.807, 2.05) is 0 Å². The second-order valence-electron chi connectivity index (χ2n) is 6.15. The fourth-order valence-corrected chi connectivity index (χ4v) is 3.12. The molecule has 3 rings (SSSR count). The number of carbonyl (C=O) groups excluding carboxylic acids is 1. The summed E-state index contributed by atoms with van der Waals surface area (Å²) in [6.45, 7) is 1.10. The van der Waals surface area contributed by atoms with Gasteiger partial charge in [0.25, 0.3) is 0 Å². The van der Waals surface area contributed by atoms with Crippen LogP contribution < -0.4 is 5.32 Å². The van der Waals surface area contributed by atoms with Crippen LogP contribution in [0.15, 0.2) is 18.2 Å². The van der Waals surface area contributed by atoms with E-state index < -0.39 is 24.4 Å². The summed E-state index contributed by atoms with van der Waals surface area (Å²) < 4.78 is 47.9. The molecule has 0 bridgehead atoms. The van der Waals surface area contributed by atoms with E-state index >= 15 is 0 Å². The van der Waals surface area contributed by atoms with E-state index in [9.17, 15) is 18.0 Å². The third-order valence-electron chi connectivity index (χ3n) is 4.31. The first kappa shape index (κ1) is 17.4. The van der Waals surface area contributed by atoms with Crippen LogP contribution in [0.1, 0.15) is 31.7 Å². The molecule has 0 saturated heterocycles. The Hall–Kier alpha value is -1.47. The lowest BCUT2D eigenvalue weighted by molar-refractivity contribution is -0.287. The number of fused-ring (bicyclic) bond motifs is 1. The Labute approximate surface area is 142 Å². The number of hydrogen-bond donors (Lipinski definition) is 1. The first-order valence-electron chi connectivity index (χ1n) is 7.87. The molecular formula is C16H18ClF3N2O2. The normalized spacial score (nSPS) is 24.4. The standard InChI is InChI=1S/C16H18ClF3N2O2/c1-2-7-24-15(16(18,19)20)9-22(11-4-5-11)14(23)21-13-6-3-10(17)8-12(13)15/h3,6,8,11H,2,4-5,7,9H2,1H3,(H,21,23). The molecule has 24 heavy (non-hydrogen) atoms. The van der Waals surface area contributed by atoms with Gasteiger partial charge in [0.05, 0.1) is 6.54 Å². The Kier molecular flexibility index (Phi) is 4.42. The van der Waals surface area contributed by atoms with Gasteiger partial charge in [-0.3, -0.25) is 0 Å². The lowest BCUT2D eigenvalue weighted by Crippen LogP contribution is -2.53. The highest BCUT2D eigenvalue weighted by atomic mass is 35.5. The van der Waals surface area contributed by atoms with Gasteiger partial charge in [-0.2, -0.15) is 13.2 Å². The van der Waals surface area contributed by atoms with Crippen molar-refractivity contribution >= 4 is 23.3 Å². The third kappa shape index (κ3) is 2.95. The van der Waals surface area contributed by atoms with Crippen molar-refractivity contribution in [1.82, 2.24) is 4.90 Å². The molecule has 132 valence electrons. The summed E-state index contributed by atoms with van der Waals surface area (Å²) >= 11 is 5.94. The second-order valence-corrected chi connectivity index (χ2v) is 6.59. The largest absolute Gasteiger partial charge is 0.423 e. The Morgan fingerprint density at radius 2 is 2.12 bits per heavy atom. The molecule has 1 atom stereocenters. The number of carbonyl (C=O) groups is 1. The molecule has 1 unspecified atom stereocenters. The van der Waals surface area contributed by atoms with Crippen molar-refractivity contribution in [2.24, 2.45) is 0 Å². The van der Waals surface area contributed by atoms with Gasteiger partial charge < -0.3 is 15.0 Å². The van der Waals surface area contributed by atoms with Crippen molar-refractivity contribution in [2.45, 2.75) is 44.0 Å². The van der Waals surface area contributed by atoms with E-state index in [-0.39, 0.29) is 28.9 Å². The number of rotatable bonds is 4. The highest BCUT2D eigenvalue weighted by molar-refractivity contribution is 6.30. The molecular weight excluding hydrogens is 345 g/mol. The minimum atomic E-state index is -4.69. The molecule has 2 aliphatic rings. The molecule has 1 N–H and O–H groups in total. The number of ether oxygens (including phenoxy) is 1. The van der Waals surface area contributed by atoms with Crippen molar-refractivity contribution in [3.05, 3.63) is 28.8 Å². The SMILES string of the molecule is CCCOC1(C(F)(F)F)CN(C2CC2)C(=O)Nc2ccc(Cl)cc21. The first-order chi connectivity index (χ1) is 11.3. The molecule has 4 nitrogen and oxygen atoms in total. The summed E-state index contributed by atoms with van der Waals surface area (Å²) in [5, 5.41) is 2.74. The number of halogens is 4. The van der Waals surface area contributed by atoms with Crippen LogP contribution in [-0.4, -0.2) is 36.3 Å². The van der Waals surface area contributed by atoms with Crippen molar-refractivity contribution in [1.29, 1.82) is 0 Å². The predicted octanol–water partition coefficient (Wildman–Crippen LogP) is 4.53. The van der Waals surface area contributed by atoms with Crippen LogP contribution in [0.25, 0.3) is 0 Å². The number of hydrogen-bond acceptors (Lipinski definition) is 2. The fraction of sp³-hybridized carbons (Fsp3) is 0.562. The number of nitrogens with zero attached hydrogens (tertiary/aromatic N) is 1. The van der Waals surface area contributed by atoms with Crippen LogP contribution in [0.4, 0.5) is 23.7 Å².